The highest BCUT2D eigenvalue weighted by Crippen LogP contribution is 2.50. The van der Waals surface area contributed by atoms with Crippen LogP contribution in [0.1, 0.15) is 88.5 Å². The lowest BCUT2D eigenvalue weighted by Crippen LogP contribution is -2.29. The van der Waals surface area contributed by atoms with E-state index in [1.54, 1.807) is 0 Å². The van der Waals surface area contributed by atoms with Crippen LogP contribution in [0, 0.1) is 25.7 Å². The van der Waals surface area contributed by atoms with E-state index in [9.17, 15) is 9.59 Å². The van der Waals surface area contributed by atoms with Gasteiger partial charge in [-0.15, -0.1) is 0 Å². The summed E-state index contributed by atoms with van der Waals surface area (Å²) in [5.41, 5.74) is 3.79. The van der Waals surface area contributed by atoms with Crippen molar-refractivity contribution in [2.45, 2.75) is 109 Å². The largest absolute Gasteiger partial charge is 0.426 e. The van der Waals surface area contributed by atoms with Gasteiger partial charge >= 0.3 is 11.9 Å². The van der Waals surface area contributed by atoms with Gasteiger partial charge in [-0.1, -0.05) is 38.1 Å². The molecule has 6 heteroatoms. The standard InChI is InChI=1S/C33H40O6/c1-19-15-23(7-9-25(19)36-29(34)21-11-13-32(5)27(17-21)38-32)31(3,4)24-8-10-26(20(2)16-24)37-30(35)22-12-14-33(6)28(18-22)39-33/h7-10,15-16,21-22,27-28H,11-14,17-18H2,1-6H3. The van der Waals surface area contributed by atoms with Crippen molar-refractivity contribution in [2.75, 3.05) is 0 Å². The number of carbonyl (C=O) groups is 2. The van der Waals surface area contributed by atoms with Gasteiger partial charge in [-0.2, -0.15) is 0 Å². The molecular formula is C33H40O6. The Morgan fingerprint density at radius 1 is 0.769 bits per heavy atom. The third-order valence-electron chi connectivity index (χ3n) is 9.93. The molecule has 0 spiro atoms. The van der Waals surface area contributed by atoms with E-state index >= 15 is 0 Å². The molecule has 0 aromatic heterocycles. The zero-order valence-corrected chi connectivity index (χ0v) is 24.0. The third-order valence-corrected chi connectivity index (χ3v) is 9.93. The first-order valence-electron chi connectivity index (χ1n) is 14.4. The van der Waals surface area contributed by atoms with Gasteiger partial charge in [0.25, 0.3) is 0 Å². The fraction of sp³-hybridized carbons (Fsp3) is 0.576. The summed E-state index contributed by atoms with van der Waals surface area (Å²) in [6.07, 6.45) is 5.35. The fourth-order valence-corrected chi connectivity index (χ4v) is 6.57. The SMILES string of the molecule is Cc1cc(C(C)(C)c2ccc(OC(=O)C3CCC4(C)OC4C3)c(C)c2)ccc1OC(=O)C1CCC2(C)OC2C1. The van der Waals surface area contributed by atoms with E-state index in [1.807, 2.05) is 38.1 Å². The van der Waals surface area contributed by atoms with Gasteiger partial charge in [0.1, 0.15) is 11.5 Å². The summed E-state index contributed by atoms with van der Waals surface area (Å²) in [6.45, 7) is 12.6. The lowest BCUT2D eigenvalue weighted by atomic mass is 9.77. The molecule has 2 aliphatic carbocycles. The van der Waals surface area contributed by atoms with Gasteiger partial charge in [-0.3, -0.25) is 9.59 Å². The van der Waals surface area contributed by atoms with Crippen molar-refractivity contribution in [3.8, 4) is 11.5 Å². The number of ether oxygens (including phenoxy) is 4. The van der Waals surface area contributed by atoms with Crippen LogP contribution in [-0.4, -0.2) is 35.3 Å². The Morgan fingerprint density at radius 3 is 1.54 bits per heavy atom. The predicted molar refractivity (Wildman–Crippen MR) is 147 cm³/mol. The summed E-state index contributed by atoms with van der Waals surface area (Å²) >= 11 is 0. The van der Waals surface area contributed by atoms with E-state index in [4.69, 9.17) is 18.9 Å². The lowest BCUT2D eigenvalue weighted by Gasteiger charge is -2.28. The molecular weight excluding hydrogens is 492 g/mol. The highest BCUT2D eigenvalue weighted by atomic mass is 16.6. The second-order valence-electron chi connectivity index (χ2n) is 13.2. The van der Waals surface area contributed by atoms with Crippen molar-refractivity contribution in [2.24, 2.45) is 11.8 Å². The zero-order valence-electron chi connectivity index (χ0n) is 24.0. The molecule has 0 bridgehead atoms. The van der Waals surface area contributed by atoms with Crippen LogP contribution >= 0.6 is 0 Å². The zero-order chi connectivity index (χ0) is 27.7. The van der Waals surface area contributed by atoms with Gasteiger partial charge in [0.2, 0.25) is 0 Å². The highest BCUT2D eigenvalue weighted by molar-refractivity contribution is 5.76. The van der Waals surface area contributed by atoms with Crippen molar-refractivity contribution in [3.05, 3.63) is 58.7 Å². The van der Waals surface area contributed by atoms with Gasteiger partial charge in [0.05, 0.1) is 35.2 Å². The maximum Gasteiger partial charge on any atom is 0.314 e. The van der Waals surface area contributed by atoms with Crippen LogP contribution in [0.25, 0.3) is 0 Å². The number of hydrogen-bond acceptors (Lipinski definition) is 6. The molecule has 39 heavy (non-hydrogen) atoms. The smallest absolute Gasteiger partial charge is 0.314 e. The van der Waals surface area contributed by atoms with Crippen LogP contribution < -0.4 is 9.47 Å². The molecule has 4 aliphatic rings. The average Bonchev–Trinajstić information content (AvgIpc) is 3.77. The molecule has 2 aliphatic heterocycles. The Hall–Kier alpha value is -2.70. The minimum atomic E-state index is -0.297. The summed E-state index contributed by atoms with van der Waals surface area (Å²) in [6, 6.07) is 12.1. The van der Waals surface area contributed by atoms with Crippen LogP contribution in [0.5, 0.6) is 11.5 Å². The van der Waals surface area contributed by atoms with E-state index in [2.05, 4.69) is 39.8 Å². The van der Waals surface area contributed by atoms with Crippen LogP contribution in [0.2, 0.25) is 0 Å². The van der Waals surface area contributed by atoms with Crippen molar-refractivity contribution in [1.29, 1.82) is 0 Å². The topological polar surface area (TPSA) is 77.7 Å². The fourth-order valence-electron chi connectivity index (χ4n) is 6.57. The van der Waals surface area contributed by atoms with Gasteiger partial charge in [-0.05, 0) is 101 Å². The van der Waals surface area contributed by atoms with E-state index in [1.165, 1.54) is 0 Å². The number of esters is 2. The van der Waals surface area contributed by atoms with Crippen LogP contribution in [0.4, 0.5) is 0 Å². The number of carbonyl (C=O) groups excluding carboxylic acids is 2. The molecule has 0 amide bonds. The summed E-state index contributed by atoms with van der Waals surface area (Å²) in [5, 5.41) is 0. The minimum absolute atomic E-state index is 0.0121. The van der Waals surface area contributed by atoms with E-state index in [0.29, 0.717) is 11.5 Å². The summed E-state index contributed by atoms with van der Waals surface area (Å²) in [4.78, 5) is 25.7. The second kappa shape index (κ2) is 9.17. The summed E-state index contributed by atoms with van der Waals surface area (Å²) in [7, 11) is 0. The van der Waals surface area contributed by atoms with Crippen molar-refractivity contribution in [1.82, 2.24) is 0 Å². The second-order valence-corrected chi connectivity index (χ2v) is 13.2. The number of benzene rings is 2. The van der Waals surface area contributed by atoms with Gasteiger partial charge in [0.15, 0.2) is 0 Å². The Labute approximate surface area is 231 Å². The summed E-state index contributed by atoms with van der Waals surface area (Å²) < 4.78 is 23.2. The van der Waals surface area contributed by atoms with Crippen molar-refractivity contribution < 1.29 is 28.5 Å². The number of epoxide rings is 2. The maximum atomic E-state index is 12.9. The first kappa shape index (κ1) is 26.5. The van der Waals surface area contributed by atoms with Crippen molar-refractivity contribution in [3.63, 3.8) is 0 Å². The number of rotatable bonds is 6. The molecule has 2 saturated heterocycles. The maximum absolute atomic E-state index is 12.9. The molecule has 6 rings (SSSR count). The van der Waals surface area contributed by atoms with Gasteiger partial charge in [0, 0.05) is 5.41 Å². The average molecular weight is 533 g/mol. The van der Waals surface area contributed by atoms with Gasteiger partial charge < -0.3 is 18.9 Å². The molecule has 2 aromatic carbocycles. The normalized spacial score (nSPS) is 33.0. The first-order valence-corrected chi connectivity index (χ1v) is 14.4. The summed E-state index contributed by atoms with van der Waals surface area (Å²) in [5.74, 6) is 0.713. The van der Waals surface area contributed by atoms with E-state index in [0.717, 1.165) is 60.8 Å². The Kier molecular flexibility index (Phi) is 6.23. The number of fused-ring (bicyclic) bond motifs is 2. The Balaban J connectivity index is 1.11. The molecule has 0 N–H and O–H groups in total. The molecule has 6 unspecified atom stereocenters. The highest BCUT2D eigenvalue weighted by Gasteiger charge is 2.57. The Morgan fingerprint density at radius 2 is 1.18 bits per heavy atom. The molecule has 4 fully saturated rings. The quantitative estimate of drug-likeness (QED) is 0.245. The van der Waals surface area contributed by atoms with Crippen LogP contribution in [0.3, 0.4) is 0 Å². The molecule has 2 aromatic rings. The van der Waals surface area contributed by atoms with E-state index < -0.39 is 0 Å². The number of aryl methyl sites for hydroxylation is 2. The molecule has 6 atom stereocenters. The first-order chi connectivity index (χ1) is 18.4. The lowest BCUT2D eigenvalue weighted by molar-refractivity contribution is -0.140. The predicted octanol–water partition coefficient (Wildman–Crippen LogP) is 6.36. The molecule has 0 radical (unpaired) electrons. The third kappa shape index (κ3) is 4.91. The Bertz CT molecular complexity index is 1230. The monoisotopic (exact) mass is 532 g/mol. The van der Waals surface area contributed by atoms with Crippen molar-refractivity contribution >= 4 is 11.9 Å². The molecule has 208 valence electrons. The van der Waals surface area contributed by atoms with Crippen LogP contribution in [0.15, 0.2) is 36.4 Å². The number of hydrogen-bond donors (Lipinski definition) is 0. The molecule has 2 saturated carbocycles. The molecule has 6 nitrogen and oxygen atoms in total. The molecule has 2 heterocycles. The van der Waals surface area contributed by atoms with Crippen LogP contribution in [-0.2, 0) is 24.5 Å². The minimum Gasteiger partial charge on any atom is -0.426 e. The van der Waals surface area contributed by atoms with E-state index in [-0.39, 0.29) is 52.6 Å². The van der Waals surface area contributed by atoms with Gasteiger partial charge in [-0.25, -0.2) is 0 Å².